The summed E-state index contributed by atoms with van der Waals surface area (Å²) in [5.74, 6) is 0.861. The average molecular weight is 262 g/mol. The van der Waals surface area contributed by atoms with Crippen molar-refractivity contribution < 1.29 is 4.79 Å². The highest BCUT2D eigenvalue weighted by molar-refractivity contribution is 7.98. The van der Waals surface area contributed by atoms with Gasteiger partial charge in [0.25, 0.3) is 0 Å². The fourth-order valence-corrected chi connectivity index (χ4v) is 2.17. The lowest BCUT2D eigenvalue weighted by atomic mass is 10.1. The van der Waals surface area contributed by atoms with E-state index in [-0.39, 0.29) is 11.8 Å². The first-order valence-corrected chi connectivity index (χ1v) is 7.49. The molecule has 0 fully saturated rings. The lowest BCUT2D eigenvalue weighted by molar-refractivity contribution is -0.123. The molecule has 3 nitrogen and oxygen atoms in total. The largest absolute Gasteiger partial charge is 0.393 e. The number of amides is 1. The molecule has 0 spiro atoms. The molecule has 1 atom stereocenters. The number of hydrogen-bond acceptors (Lipinski definition) is 3. The molecule has 1 amide bonds. The first-order chi connectivity index (χ1) is 7.63. The molecular weight excluding hydrogens is 240 g/mol. The van der Waals surface area contributed by atoms with Gasteiger partial charge in [-0.2, -0.15) is 11.8 Å². The number of nitrogens with one attached hydrogen (secondary N) is 1. The van der Waals surface area contributed by atoms with Crippen molar-refractivity contribution >= 4 is 34.9 Å². The predicted molar refractivity (Wildman–Crippen MR) is 75.8 cm³/mol. The summed E-state index contributed by atoms with van der Waals surface area (Å²) in [4.78, 5) is 11.9. The second-order valence-corrected chi connectivity index (χ2v) is 5.16. The molecular formula is C11H22N2OS2. The first kappa shape index (κ1) is 15.7. The van der Waals surface area contributed by atoms with Gasteiger partial charge >= 0.3 is 0 Å². The molecule has 5 heteroatoms. The van der Waals surface area contributed by atoms with Crippen LogP contribution >= 0.6 is 24.0 Å². The van der Waals surface area contributed by atoms with E-state index in [4.69, 9.17) is 18.0 Å². The molecule has 0 aromatic heterocycles. The minimum Gasteiger partial charge on any atom is -0.393 e. The molecule has 0 aliphatic carbocycles. The van der Waals surface area contributed by atoms with Gasteiger partial charge in [-0.1, -0.05) is 25.6 Å². The molecule has 3 N–H and O–H groups in total. The second-order valence-electron chi connectivity index (χ2n) is 3.71. The molecule has 0 rings (SSSR count). The van der Waals surface area contributed by atoms with Gasteiger partial charge in [0.15, 0.2) is 0 Å². The second kappa shape index (κ2) is 9.90. The summed E-state index contributed by atoms with van der Waals surface area (Å²) in [6.07, 6.45) is 6.18. The van der Waals surface area contributed by atoms with Crippen LogP contribution in [0.3, 0.4) is 0 Å². The third-order valence-electron chi connectivity index (χ3n) is 2.39. The summed E-state index contributed by atoms with van der Waals surface area (Å²) in [5.41, 5.74) is 5.49. The Morgan fingerprint density at radius 1 is 1.44 bits per heavy atom. The summed E-state index contributed by atoms with van der Waals surface area (Å²) >= 11 is 6.70. The lowest BCUT2D eigenvalue weighted by Crippen LogP contribution is -2.37. The van der Waals surface area contributed by atoms with Crippen molar-refractivity contribution in [2.45, 2.75) is 32.6 Å². The van der Waals surface area contributed by atoms with Crippen molar-refractivity contribution in [3.63, 3.8) is 0 Å². The van der Waals surface area contributed by atoms with E-state index in [9.17, 15) is 4.79 Å². The first-order valence-electron chi connectivity index (χ1n) is 5.69. The Morgan fingerprint density at radius 3 is 2.62 bits per heavy atom. The summed E-state index contributed by atoms with van der Waals surface area (Å²) in [6, 6.07) is 0. The van der Waals surface area contributed by atoms with E-state index in [1.54, 1.807) is 0 Å². The summed E-state index contributed by atoms with van der Waals surface area (Å²) in [6.45, 7) is 2.65. The Morgan fingerprint density at radius 2 is 2.12 bits per heavy atom. The monoisotopic (exact) mass is 262 g/mol. The van der Waals surface area contributed by atoms with E-state index in [1.165, 1.54) is 12.2 Å². The van der Waals surface area contributed by atoms with Crippen molar-refractivity contribution in [3.8, 4) is 0 Å². The zero-order valence-electron chi connectivity index (χ0n) is 10.1. The highest BCUT2D eigenvalue weighted by Crippen LogP contribution is 2.04. The van der Waals surface area contributed by atoms with Crippen molar-refractivity contribution in [2.24, 2.45) is 11.7 Å². The zero-order valence-corrected chi connectivity index (χ0v) is 11.8. The molecule has 0 aliphatic heterocycles. The van der Waals surface area contributed by atoms with Crippen LogP contribution in [0.5, 0.6) is 0 Å². The Kier molecular flexibility index (Phi) is 9.72. The van der Waals surface area contributed by atoms with Crippen molar-refractivity contribution in [1.82, 2.24) is 5.32 Å². The van der Waals surface area contributed by atoms with E-state index in [1.807, 2.05) is 18.7 Å². The van der Waals surface area contributed by atoms with Gasteiger partial charge in [-0.05, 0) is 31.3 Å². The van der Waals surface area contributed by atoms with Gasteiger partial charge in [0, 0.05) is 6.54 Å². The van der Waals surface area contributed by atoms with Crippen molar-refractivity contribution in [3.05, 3.63) is 0 Å². The standard InChI is InChI=1S/C11H22N2OS2/c1-3-9(10(12)15)11(14)13-7-5-4-6-8-16-2/h9H,3-8H2,1-2H3,(H2,12,15)(H,13,14). The van der Waals surface area contributed by atoms with Crippen LogP contribution in [0.4, 0.5) is 0 Å². The Hall–Kier alpha value is -0.290. The minimum absolute atomic E-state index is 0.0279. The van der Waals surface area contributed by atoms with Gasteiger partial charge < -0.3 is 11.1 Å². The number of thioether (sulfide) groups is 1. The van der Waals surface area contributed by atoms with Crippen LogP contribution < -0.4 is 11.1 Å². The molecule has 0 bridgehead atoms. The van der Waals surface area contributed by atoms with E-state index < -0.39 is 0 Å². The molecule has 0 radical (unpaired) electrons. The van der Waals surface area contributed by atoms with Crippen molar-refractivity contribution in [1.29, 1.82) is 0 Å². The normalized spacial score (nSPS) is 12.1. The fourth-order valence-electron chi connectivity index (χ4n) is 1.40. The van der Waals surface area contributed by atoms with Gasteiger partial charge in [0.1, 0.15) is 0 Å². The van der Waals surface area contributed by atoms with Gasteiger partial charge in [-0.3, -0.25) is 4.79 Å². The summed E-state index contributed by atoms with van der Waals surface area (Å²) in [7, 11) is 0. The van der Waals surface area contributed by atoms with Crippen LogP contribution in [0, 0.1) is 5.92 Å². The minimum atomic E-state index is -0.304. The SMILES string of the molecule is CCC(C(=O)NCCCCCSC)C(N)=S. The Bertz CT molecular complexity index is 222. The molecule has 0 aliphatic rings. The fraction of sp³-hybridized carbons (Fsp3) is 0.818. The van der Waals surface area contributed by atoms with Crippen LogP contribution in [0.2, 0.25) is 0 Å². The van der Waals surface area contributed by atoms with Crippen LogP contribution in [0.25, 0.3) is 0 Å². The van der Waals surface area contributed by atoms with Gasteiger partial charge in [0.05, 0.1) is 10.9 Å². The predicted octanol–water partition coefficient (Wildman–Crippen LogP) is 1.95. The molecule has 94 valence electrons. The maximum atomic E-state index is 11.6. The lowest BCUT2D eigenvalue weighted by Gasteiger charge is -2.13. The Labute approximate surface area is 108 Å². The van der Waals surface area contributed by atoms with Crippen LogP contribution in [0.1, 0.15) is 32.6 Å². The molecule has 0 saturated heterocycles. The quantitative estimate of drug-likeness (QED) is 0.492. The number of hydrogen-bond donors (Lipinski definition) is 2. The molecule has 0 saturated carbocycles. The smallest absolute Gasteiger partial charge is 0.229 e. The topological polar surface area (TPSA) is 55.1 Å². The number of unbranched alkanes of at least 4 members (excludes halogenated alkanes) is 2. The number of rotatable bonds is 9. The highest BCUT2D eigenvalue weighted by Gasteiger charge is 2.18. The van der Waals surface area contributed by atoms with E-state index >= 15 is 0 Å². The van der Waals surface area contributed by atoms with Gasteiger partial charge in [-0.15, -0.1) is 0 Å². The van der Waals surface area contributed by atoms with Crippen LogP contribution in [-0.4, -0.2) is 29.4 Å². The molecule has 1 unspecified atom stereocenters. The molecule has 16 heavy (non-hydrogen) atoms. The number of thiocarbonyl (C=S) groups is 1. The molecule has 0 aromatic carbocycles. The highest BCUT2D eigenvalue weighted by atomic mass is 32.2. The summed E-state index contributed by atoms with van der Waals surface area (Å²) < 4.78 is 0. The molecule has 0 heterocycles. The maximum Gasteiger partial charge on any atom is 0.229 e. The van der Waals surface area contributed by atoms with Crippen molar-refractivity contribution in [2.75, 3.05) is 18.6 Å². The van der Waals surface area contributed by atoms with Gasteiger partial charge in [-0.25, -0.2) is 0 Å². The number of carbonyl (C=O) groups excluding carboxylic acids is 1. The van der Waals surface area contributed by atoms with Gasteiger partial charge in [0.2, 0.25) is 5.91 Å². The summed E-state index contributed by atoms with van der Waals surface area (Å²) in [5, 5.41) is 2.88. The number of carbonyl (C=O) groups is 1. The van der Waals surface area contributed by atoms with E-state index in [0.29, 0.717) is 11.4 Å². The van der Waals surface area contributed by atoms with E-state index in [2.05, 4.69) is 11.6 Å². The number of nitrogens with two attached hydrogens (primary N) is 1. The third kappa shape index (κ3) is 7.06. The van der Waals surface area contributed by atoms with Crippen LogP contribution in [-0.2, 0) is 4.79 Å². The third-order valence-corrected chi connectivity index (χ3v) is 3.37. The Balaban J connectivity index is 3.60. The average Bonchev–Trinajstić information content (AvgIpc) is 2.23. The van der Waals surface area contributed by atoms with Crippen LogP contribution in [0.15, 0.2) is 0 Å². The zero-order chi connectivity index (χ0) is 12.4. The van der Waals surface area contributed by atoms with E-state index in [0.717, 1.165) is 19.4 Å². The maximum absolute atomic E-state index is 11.6. The molecule has 0 aromatic rings.